The van der Waals surface area contributed by atoms with Gasteiger partial charge >= 0.3 is 0 Å². The predicted octanol–water partition coefficient (Wildman–Crippen LogP) is 6.96. The van der Waals surface area contributed by atoms with Crippen molar-refractivity contribution in [2.75, 3.05) is 0 Å². The minimum absolute atomic E-state index is 0.0718. The van der Waals surface area contributed by atoms with Crippen LogP contribution in [0.15, 0.2) is 109 Å². The Morgan fingerprint density at radius 1 is 0.806 bits per heavy atom. The quantitative estimate of drug-likeness (QED) is 0.266. The van der Waals surface area contributed by atoms with E-state index < -0.39 is 0 Å². The number of amides is 1. The zero-order valence-electron chi connectivity index (χ0n) is 20.4. The monoisotopic (exact) mass is 471 g/mol. The van der Waals surface area contributed by atoms with Gasteiger partial charge in [0.25, 0.3) is 5.91 Å². The first-order chi connectivity index (χ1) is 17.7. The van der Waals surface area contributed by atoms with Crippen molar-refractivity contribution in [1.82, 2.24) is 15.3 Å². The first-order valence-electron chi connectivity index (χ1n) is 12.5. The molecule has 0 saturated heterocycles. The third kappa shape index (κ3) is 5.03. The average Bonchev–Trinajstić information content (AvgIpc) is 2.95. The summed E-state index contributed by atoms with van der Waals surface area (Å²) in [4.78, 5) is 23.6. The fourth-order valence-corrected chi connectivity index (χ4v) is 4.72. The van der Waals surface area contributed by atoms with Gasteiger partial charge in [-0.2, -0.15) is 0 Å². The number of carbonyl (C=O) groups excluding carboxylic acids is 1. The molecule has 36 heavy (non-hydrogen) atoms. The van der Waals surface area contributed by atoms with E-state index in [1.807, 2.05) is 85.1 Å². The molecule has 4 nitrogen and oxygen atoms in total. The smallest absolute Gasteiger partial charge is 0.252 e. The second-order valence-corrected chi connectivity index (χ2v) is 8.86. The fourth-order valence-electron chi connectivity index (χ4n) is 4.72. The molecule has 0 fully saturated rings. The van der Waals surface area contributed by atoms with E-state index in [4.69, 9.17) is 4.98 Å². The normalized spacial score (nSPS) is 11.8. The van der Waals surface area contributed by atoms with Crippen LogP contribution in [-0.4, -0.2) is 15.9 Å². The molecule has 2 aromatic heterocycles. The highest BCUT2D eigenvalue weighted by Crippen LogP contribution is 2.32. The molecule has 5 rings (SSSR count). The van der Waals surface area contributed by atoms with Gasteiger partial charge in [-0.1, -0.05) is 91.9 Å². The molecule has 0 spiro atoms. The molecular formula is C32H29N3O. The number of aromatic nitrogens is 2. The summed E-state index contributed by atoms with van der Waals surface area (Å²) in [6.45, 7) is 2.10. The lowest BCUT2D eigenvalue weighted by molar-refractivity contribution is 0.0936. The lowest BCUT2D eigenvalue weighted by atomic mass is 9.92. The zero-order valence-corrected chi connectivity index (χ0v) is 20.4. The Bertz CT molecular complexity index is 1450. The summed E-state index contributed by atoms with van der Waals surface area (Å²) in [7, 11) is 0. The lowest BCUT2D eigenvalue weighted by Crippen LogP contribution is -2.29. The summed E-state index contributed by atoms with van der Waals surface area (Å²) in [5.41, 5.74) is 6.41. The van der Waals surface area contributed by atoms with Gasteiger partial charge in [0.1, 0.15) is 0 Å². The van der Waals surface area contributed by atoms with Crippen LogP contribution in [0, 0.1) is 0 Å². The van der Waals surface area contributed by atoms with E-state index in [2.05, 4.69) is 41.5 Å². The Labute approximate surface area is 212 Å². The zero-order chi connectivity index (χ0) is 24.7. The first kappa shape index (κ1) is 23.4. The number of nitrogens with one attached hydrogen (secondary N) is 1. The van der Waals surface area contributed by atoms with Crippen LogP contribution in [0.2, 0.25) is 0 Å². The fraction of sp³-hybridized carbons (Fsp3) is 0.156. The van der Waals surface area contributed by atoms with Crippen LogP contribution in [0.4, 0.5) is 0 Å². The third-order valence-electron chi connectivity index (χ3n) is 6.54. The highest BCUT2D eigenvalue weighted by atomic mass is 16.1. The first-order valence-corrected chi connectivity index (χ1v) is 12.5. The Morgan fingerprint density at radius 2 is 1.50 bits per heavy atom. The van der Waals surface area contributed by atoms with E-state index in [1.165, 1.54) is 0 Å². The van der Waals surface area contributed by atoms with E-state index in [0.29, 0.717) is 12.0 Å². The second-order valence-electron chi connectivity index (χ2n) is 8.86. The number of hydrogen-bond acceptors (Lipinski definition) is 3. The van der Waals surface area contributed by atoms with Crippen molar-refractivity contribution in [3.63, 3.8) is 0 Å². The maximum atomic E-state index is 14.1. The van der Waals surface area contributed by atoms with Gasteiger partial charge < -0.3 is 5.32 Å². The number of pyridine rings is 2. The van der Waals surface area contributed by atoms with Crippen molar-refractivity contribution in [1.29, 1.82) is 0 Å². The topological polar surface area (TPSA) is 54.9 Å². The molecule has 2 heterocycles. The predicted molar refractivity (Wildman–Crippen MR) is 146 cm³/mol. The number of nitrogens with zero attached hydrogens (tertiary/aromatic N) is 2. The summed E-state index contributed by atoms with van der Waals surface area (Å²) >= 11 is 0. The molecule has 0 aliphatic rings. The molecule has 0 aliphatic heterocycles. The largest absolute Gasteiger partial charge is 0.345 e. The number of benzene rings is 3. The Morgan fingerprint density at radius 3 is 2.22 bits per heavy atom. The third-order valence-corrected chi connectivity index (χ3v) is 6.54. The van der Waals surface area contributed by atoms with E-state index in [0.717, 1.165) is 51.8 Å². The standard InChI is InChI=1S/C32H29N3O/c1-2-28(23-13-5-3-6-14-23)35-32(36)30-26-18-9-10-19-29(26)34-31(24-15-7-4-8-16-24)27(30)21-20-25-17-11-12-22-33-25/h3-19,22,28H,2,20-21H2,1H3,(H,35,36). The number of carbonyl (C=O) groups is 1. The highest BCUT2D eigenvalue weighted by Gasteiger charge is 2.23. The summed E-state index contributed by atoms with van der Waals surface area (Å²) in [5, 5.41) is 4.20. The molecule has 1 unspecified atom stereocenters. The Balaban J connectivity index is 1.64. The van der Waals surface area contributed by atoms with E-state index >= 15 is 0 Å². The van der Waals surface area contributed by atoms with Crippen molar-refractivity contribution in [2.45, 2.75) is 32.2 Å². The van der Waals surface area contributed by atoms with E-state index in [1.54, 1.807) is 0 Å². The molecule has 1 amide bonds. The molecular weight excluding hydrogens is 442 g/mol. The number of aryl methyl sites for hydroxylation is 1. The molecule has 0 radical (unpaired) electrons. The molecule has 5 aromatic rings. The van der Waals surface area contributed by atoms with Crippen LogP contribution in [0.3, 0.4) is 0 Å². The van der Waals surface area contributed by atoms with Gasteiger partial charge in [0.15, 0.2) is 0 Å². The van der Waals surface area contributed by atoms with Gasteiger partial charge in [-0.05, 0) is 48.6 Å². The number of rotatable bonds is 8. The number of hydrogen-bond donors (Lipinski definition) is 1. The minimum Gasteiger partial charge on any atom is -0.345 e. The number of para-hydroxylation sites is 1. The van der Waals surface area contributed by atoms with Crippen molar-refractivity contribution < 1.29 is 4.79 Å². The van der Waals surface area contributed by atoms with Crippen LogP contribution in [0.5, 0.6) is 0 Å². The van der Waals surface area contributed by atoms with E-state index in [9.17, 15) is 4.79 Å². The average molecular weight is 472 g/mol. The van der Waals surface area contributed by atoms with Crippen LogP contribution in [0.25, 0.3) is 22.2 Å². The summed E-state index contributed by atoms with van der Waals surface area (Å²) < 4.78 is 0. The maximum absolute atomic E-state index is 14.1. The van der Waals surface area contributed by atoms with Crippen molar-refractivity contribution in [3.05, 3.63) is 132 Å². The molecule has 0 saturated carbocycles. The molecule has 0 bridgehead atoms. The molecule has 178 valence electrons. The van der Waals surface area contributed by atoms with Crippen LogP contribution in [0.1, 0.15) is 46.6 Å². The Kier molecular flexibility index (Phi) is 7.13. The summed E-state index contributed by atoms with van der Waals surface area (Å²) in [6, 6.07) is 34.1. The lowest BCUT2D eigenvalue weighted by Gasteiger charge is -2.21. The van der Waals surface area contributed by atoms with Crippen molar-refractivity contribution in [3.8, 4) is 11.3 Å². The molecule has 1 atom stereocenters. The van der Waals surface area contributed by atoms with Gasteiger partial charge in [0.05, 0.1) is 22.8 Å². The SMILES string of the molecule is CCC(NC(=O)c1c(CCc2ccccn2)c(-c2ccccc2)nc2ccccc12)c1ccccc1. The molecule has 1 N–H and O–H groups in total. The maximum Gasteiger partial charge on any atom is 0.252 e. The van der Waals surface area contributed by atoms with Gasteiger partial charge in [-0.15, -0.1) is 0 Å². The molecule has 3 aromatic carbocycles. The molecule has 0 aliphatic carbocycles. The van der Waals surface area contributed by atoms with Crippen LogP contribution >= 0.6 is 0 Å². The van der Waals surface area contributed by atoms with Crippen LogP contribution in [-0.2, 0) is 12.8 Å². The second kappa shape index (κ2) is 11.0. The van der Waals surface area contributed by atoms with E-state index in [-0.39, 0.29) is 11.9 Å². The summed E-state index contributed by atoms with van der Waals surface area (Å²) in [5.74, 6) is -0.0718. The highest BCUT2D eigenvalue weighted by molar-refractivity contribution is 6.09. The minimum atomic E-state index is -0.0746. The van der Waals surface area contributed by atoms with Gasteiger partial charge in [0.2, 0.25) is 0 Å². The van der Waals surface area contributed by atoms with Crippen molar-refractivity contribution >= 4 is 16.8 Å². The molecule has 4 heteroatoms. The van der Waals surface area contributed by atoms with Gasteiger partial charge in [0, 0.05) is 22.8 Å². The van der Waals surface area contributed by atoms with Gasteiger partial charge in [-0.3, -0.25) is 9.78 Å². The summed E-state index contributed by atoms with van der Waals surface area (Å²) in [6.07, 6.45) is 3.99. The van der Waals surface area contributed by atoms with Crippen LogP contribution < -0.4 is 5.32 Å². The number of fused-ring (bicyclic) bond motifs is 1. The Hall–Kier alpha value is -4.31. The van der Waals surface area contributed by atoms with Gasteiger partial charge in [-0.25, -0.2) is 4.98 Å². The van der Waals surface area contributed by atoms with Crippen molar-refractivity contribution in [2.24, 2.45) is 0 Å².